The Balaban J connectivity index is 1.55. The molecular formula is C22H25FN6. The van der Waals surface area contributed by atoms with Crippen LogP contribution in [0.25, 0.3) is 11.3 Å². The predicted octanol–water partition coefficient (Wildman–Crippen LogP) is 3.71. The third kappa shape index (κ3) is 3.77. The van der Waals surface area contributed by atoms with E-state index in [4.69, 9.17) is 0 Å². The number of piperazine rings is 1. The lowest BCUT2D eigenvalue weighted by atomic mass is 10.0. The maximum Gasteiger partial charge on any atom is 0.154 e. The average Bonchev–Trinajstić information content (AvgIpc) is 2.72. The molecule has 0 amide bonds. The molecule has 1 saturated heterocycles. The Hall–Kier alpha value is -3.09. The fourth-order valence-corrected chi connectivity index (χ4v) is 3.80. The van der Waals surface area contributed by atoms with Gasteiger partial charge in [0.15, 0.2) is 5.82 Å². The number of nitrogens with zero attached hydrogens (tertiary/aromatic N) is 6. The third-order valence-electron chi connectivity index (χ3n) is 5.60. The first-order valence-electron chi connectivity index (χ1n) is 9.84. The van der Waals surface area contributed by atoms with Gasteiger partial charge in [0.1, 0.15) is 11.6 Å². The van der Waals surface area contributed by atoms with Crippen LogP contribution in [0.5, 0.6) is 0 Å². The molecule has 0 aliphatic carbocycles. The Bertz CT molecular complexity index is 1000. The second-order valence-corrected chi connectivity index (χ2v) is 7.63. The molecule has 1 unspecified atom stereocenters. The van der Waals surface area contributed by atoms with Crippen LogP contribution < -0.4 is 9.80 Å². The highest BCUT2D eigenvalue weighted by molar-refractivity contribution is 5.67. The maximum absolute atomic E-state index is 13.2. The summed E-state index contributed by atoms with van der Waals surface area (Å²) in [5, 5.41) is 9.02. The molecule has 0 saturated carbocycles. The number of benzene rings is 1. The van der Waals surface area contributed by atoms with Crippen molar-refractivity contribution in [2.75, 3.05) is 29.4 Å². The first-order valence-corrected chi connectivity index (χ1v) is 9.84. The van der Waals surface area contributed by atoms with E-state index in [-0.39, 0.29) is 11.9 Å². The fourth-order valence-electron chi connectivity index (χ4n) is 3.80. The molecule has 0 spiro atoms. The molecule has 150 valence electrons. The van der Waals surface area contributed by atoms with E-state index < -0.39 is 0 Å². The molecule has 1 aromatic carbocycles. The van der Waals surface area contributed by atoms with Crippen molar-refractivity contribution in [1.82, 2.24) is 20.2 Å². The van der Waals surface area contributed by atoms with Crippen LogP contribution in [0.3, 0.4) is 0 Å². The molecule has 3 aromatic rings. The molecule has 4 rings (SSSR count). The minimum atomic E-state index is -0.252. The molecule has 6 nitrogen and oxygen atoms in total. The summed E-state index contributed by atoms with van der Waals surface area (Å²) in [6.45, 7) is 10.8. The molecule has 7 heteroatoms. The lowest BCUT2D eigenvalue weighted by molar-refractivity contribution is 0.539. The summed E-state index contributed by atoms with van der Waals surface area (Å²) in [6.07, 6.45) is 3.65. The van der Waals surface area contributed by atoms with Crippen LogP contribution in [-0.4, -0.2) is 45.8 Å². The van der Waals surface area contributed by atoms with Crippen molar-refractivity contribution < 1.29 is 4.39 Å². The van der Waals surface area contributed by atoms with Crippen molar-refractivity contribution in [3.63, 3.8) is 0 Å². The van der Waals surface area contributed by atoms with Crippen molar-refractivity contribution in [3.8, 4) is 11.3 Å². The van der Waals surface area contributed by atoms with Crippen LogP contribution in [0.2, 0.25) is 0 Å². The summed E-state index contributed by atoms with van der Waals surface area (Å²) in [5.74, 6) is 1.57. The summed E-state index contributed by atoms with van der Waals surface area (Å²) in [7, 11) is 0. The van der Waals surface area contributed by atoms with Crippen molar-refractivity contribution in [2.45, 2.75) is 33.7 Å². The second kappa shape index (κ2) is 7.73. The second-order valence-electron chi connectivity index (χ2n) is 7.63. The van der Waals surface area contributed by atoms with E-state index in [0.717, 1.165) is 59.3 Å². The molecule has 1 aliphatic heterocycles. The van der Waals surface area contributed by atoms with E-state index >= 15 is 0 Å². The standard InChI is InChI=1S/C22H25FN6/c1-14-11-25-20(12-24-14)29-10-9-28(13-15(29)2)22-17(4)16(3)21(26-27-22)18-5-7-19(23)8-6-18/h5-8,11-12,15H,9-10,13H2,1-4H3. The van der Waals surface area contributed by atoms with Crippen LogP contribution in [0.4, 0.5) is 16.0 Å². The number of aromatic nitrogens is 4. The smallest absolute Gasteiger partial charge is 0.154 e. The third-order valence-corrected chi connectivity index (χ3v) is 5.60. The van der Waals surface area contributed by atoms with Gasteiger partial charge in [0.05, 0.1) is 23.8 Å². The predicted molar refractivity (Wildman–Crippen MR) is 113 cm³/mol. The SMILES string of the molecule is Cc1cnc(N2CCN(c3nnc(-c4ccc(F)cc4)c(C)c3C)CC2C)cn1. The molecule has 3 heterocycles. The van der Waals surface area contributed by atoms with Crippen LogP contribution in [0.1, 0.15) is 23.7 Å². The van der Waals surface area contributed by atoms with Gasteiger partial charge in [-0.2, -0.15) is 0 Å². The summed E-state index contributed by atoms with van der Waals surface area (Å²) in [4.78, 5) is 13.5. The highest BCUT2D eigenvalue weighted by Gasteiger charge is 2.27. The average molecular weight is 392 g/mol. The van der Waals surface area contributed by atoms with Gasteiger partial charge in [0, 0.05) is 31.2 Å². The minimum Gasteiger partial charge on any atom is -0.351 e. The molecule has 2 aromatic heterocycles. The highest BCUT2D eigenvalue weighted by atomic mass is 19.1. The fraction of sp³-hybridized carbons (Fsp3) is 0.364. The normalized spacial score (nSPS) is 16.9. The minimum absolute atomic E-state index is 0.252. The van der Waals surface area contributed by atoms with Gasteiger partial charge < -0.3 is 9.80 Å². The van der Waals surface area contributed by atoms with Gasteiger partial charge in [-0.1, -0.05) is 0 Å². The van der Waals surface area contributed by atoms with Gasteiger partial charge in [-0.15, -0.1) is 10.2 Å². The summed E-state index contributed by atoms with van der Waals surface area (Å²) < 4.78 is 13.2. The number of hydrogen-bond donors (Lipinski definition) is 0. The summed E-state index contributed by atoms with van der Waals surface area (Å²) in [5.41, 5.74) is 4.77. The van der Waals surface area contributed by atoms with Crippen LogP contribution in [-0.2, 0) is 0 Å². The Morgan fingerprint density at radius 2 is 1.69 bits per heavy atom. The number of hydrogen-bond acceptors (Lipinski definition) is 6. The van der Waals surface area contributed by atoms with Crippen LogP contribution in [0.15, 0.2) is 36.7 Å². The first kappa shape index (κ1) is 19.2. The van der Waals surface area contributed by atoms with Gasteiger partial charge in [0.25, 0.3) is 0 Å². The molecule has 0 radical (unpaired) electrons. The van der Waals surface area contributed by atoms with E-state index in [9.17, 15) is 4.39 Å². The van der Waals surface area contributed by atoms with Crippen molar-refractivity contribution >= 4 is 11.6 Å². The van der Waals surface area contributed by atoms with Gasteiger partial charge >= 0.3 is 0 Å². The number of halogens is 1. The van der Waals surface area contributed by atoms with Gasteiger partial charge in [-0.05, 0) is 63.1 Å². The highest BCUT2D eigenvalue weighted by Crippen LogP contribution is 2.29. The molecule has 1 atom stereocenters. The van der Waals surface area contributed by atoms with E-state index in [1.807, 2.05) is 26.2 Å². The lowest BCUT2D eigenvalue weighted by Gasteiger charge is -2.41. The van der Waals surface area contributed by atoms with Crippen molar-refractivity contribution in [3.05, 3.63) is 59.3 Å². The maximum atomic E-state index is 13.2. The van der Waals surface area contributed by atoms with E-state index in [0.29, 0.717) is 0 Å². The largest absolute Gasteiger partial charge is 0.351 e. The zero-order valence-electron chi connectivity index (χ0n) is 17.2. The van der Waals surface area contributed by atoms with E-state index in [1.165, 1.54) is 12.1 Å². The Morgan fingerprint density at radius 3 is 2.34 bits per heavy atom. The molecule has 1 fully saturated rings. The van der Waals surface area contributed by atoms with Gasteiger partial charge in [0.2, 0.25) is 0 Å². The lowest BCUT2D eigenvalue weighted by Crippen LogP contribution is -2.53. The monoisotopic (exact) mass is 392 g/mol. The Morgan fingerprint density at radius 1 is 0.931 bits per heavy atom. The molecule has 0 bridgehead atoms. The molecule has 1 aliphatic rings. The Kier molecular flexibility index (Phi) is 5.13. The number of anilines is 2. The van der Waals surface area contributed by atoms with E-state index in [1.54, 1.807) is 12.1 Å². The molecule has 0 N–H and O–H groups in total. The van der Waals surface area contributed by atoms with Crippen LogP contribution >= 0.6 is 0 Å². The molecule has 29 heavy (non-hydrogen) atoms. The zero-order chi connectivity index (χ0) is 20.5. The zero-order valence-corrected chi connectivity index (χ0v) is 17.2. The first-order chi connectivity index (χ1) is 13.9. The Labute approximate surface area is 170 Å². The van der Waals surface area contributed by atoms with Gasteiger partial charge in [-0.3, -0.25) is 4.98 Å². The van der Waals surface area contributed by atoms with Crippen molar-refractivity contribution in [2.24, 2.45) is 0 Å². The summed E-state index contributed by atoms with van der Waals surface area (Å²) >= 11 is 0. The number of aryl methyl sites for hydroxylation is 1. The van der Waals surface area contributed by atoms with E-state index in [2.05, 4.69) is 43.8 Å². The van der Waals surface area contributed by atoms with Crippen LogP contribution in [0, 0.1) is 26.6 Å². The van der Waals surface area contributed by atoms with Crippen molar-refractivity contribution in [1.29, 1.82) is 0 Å². The molecular weight excluding hydrogens is 367 g/mol. The number of rotatable bonds is 3. The topological polar surface area (TPSA) is 58.0 Å². The van der Waals surface area contributed by atoms with Gasteiger partial charge in [-0.25, -0.2) is 9.37 Å². The quantitative estimate of drug-likeness (QED) is 0.677. The summed E-state index contributed by atoms with van der Waals surface area (Å²) in [6, 6.07) is 6.67.